The molecule has 4 heteroatoms. The second-order valence-corrected chi connectivity index (χ2v) is 3.72. The molecule has 0 saturated carbocycles. The van der Waals surface area contributed by atoms with Gasteiger partial charge in [0.2, 0.25) is 0 Å². The molecule has 1 aromatic carbocycles. The van der Waals surface area contributed by atoms with Gasteiger partial charge in [-0.2, -0.15) is 0 Å². The van der Waals surface area contributed by atoms with Crippen molar-refractivity contribution in [1.29, 1.82) is 0 Å². The Balaban J connectivity index is 2.78. The molecule has 4 nitrogen and oxygen atoms in total. The Bertz CT molecular complexity index is 409. The van der Waals surface area contributed by atoms with Gasteiger partial charge in [0.1, 0.15) is 11.5 Å². The lowest BCUT2D eigenvalue weighted by atomic mass is 10.2. The van der Waals surface area contributed by atoms with Gasteiger partial charge in [-0.25, -0.2) is 4.79 Å². The summed E-state index contributed by atoms with van der Waals surface area (Å²) in [5, 5.41) is 9.01. The van der Waals surface area contributed by atoms with Crippen molar-refractivity contribution in [3.63, 3.8) is 0 Å². The molecule has 0 bridgehead atoms. The number of ether oxygens (including phenoxy) is 2. The zero-order valence-electron chi connectivity index (χ0n) is 10.7. The molecule has 1 N–H and O–H groups in total. The third kappa shape index (κ3) is 4.59. The molecule has 0 radical (unpaired) electrons. The van der Waals surface area contributed by atoms with Crippen LogP contribution in [0.25, 0.3) is 0 Å². The lowest BCUT2D eigenvalue weighted by Crippen LogP contribution is -2.09. The molecule has 0 unspecified atom stereocenters. The zero-order chi connectivity index (χ0) is 13.4. The predicted molar refractivity (Wildman–Crippen MR) is 68.5 cm³/mol. The Morgan fingerprint density at radius 1 is 1.28 bits per heavy atom. The number of para-hydroxylation sites is 1. The largest absolute Gasteiger partial charge is 0.478 e. The molecule has 0 atom stereocenters. The van der Waals surface area contributed by atoms with E-state index in [1.54, 1.807) is 12.1 Å². The molecule has 0 aliphatic rings. The van der Waals surface area contributed by atoms with E-state index in [4.69, 9.17) is 14.6 Å². The van der Waals surface area contributed by atoms with Gasteiger partial charge in [0.05, 0.1) is 12.2 Å². The SMILES string of the molecule is CCOCCC(Oc1ccccc1)=C(C)C(=O)O. The number of carboxylic acid groups (broad SMARTS) is 1. The van der Waals surface area contributed by atoms with Gasteiger partial charge in [-0.05, 0) is 26.0 Å². The fraction of sp³-hybridized carbons (Fsp3) is 0.357. The van der Waals surface area contributed by atoms with Crippen LogP contribution in [0.15, 0.2) is 41.7 Å². The van der Waals surface area contributed by atoms with E-state index in [9.17, 15) is 4.79 Å². The van der Waals surface area contributed by atoms with Gasteiger partial charge in [0.25, 0.3) is 0 Å². The van der Waals surface area contributed by atoms with E-state index in [0.29, 0.717) is 31.1 Å². The Labute approximate surface area is 107 Å². The van der Waals surface area contributed by atoms with Crippen LogP contribution in [-0.2, 0) is 9.53 Å². The summed E-state index contributed by atoms with van der Waals surface area (Å²) in [6.07, 6.45) is 0.445. The first-order valence-corrected chi connectivity index (χ1v) is 5.88. The van der Waals surface area contributed by atoms with Gasteiger partial charge in [-0.3, -0.25) is 0 Å². The minimum Gasteiger partial charge on any atom is -0.478 e. The van der Waals surface area contributed by atoms with Crippen molar-refractivity contribution < 1.29 is 19.4 Å². The molecular weight excluding hydrogens is 232 g/mol. The van der Waals surface area contributed by atoms with E-state index < -0.39 is 5.97 Å². The van der Waals surface area contributed by atoms with Gasteiger partial charge in [0, 0.05) is 13.0 Å². The Morgan fingerprint density at radius 3 is 2.50 bits per heavy atom. The van der Waals surface area contributed by atoms with Crippen molar-refractivity contribution in [3.8, 4) is 5.75 Å². The fourth-order valence-electron chi connectivity index (χ4n) is 1.37. The van der Waals surface area contributed by atoms with Gasteiger partial charge in [-0.1, -0.05) is 18.2 Å². The monoisotopic (exact) mass is 250 g/mol. The summed E-state index contributed by atoms with van der Waals surface area (Å²) >= 11 is 0. The summed E-state index contributed by atoms with van der Waals surface area (Å²) in [5.41, 5.74) is 0.207. The van der Waals surface area contributed by atoms with Gasteiger partial charge in [-0.15, -0.1) is 0 Å². The van der Waals surface area contributed by atoms with Gasteiger partial charge >= 0.3 is 5.97 Å². The highest BCUT2D eigenvalue weighted by atomic mass is 16.5. The number of rotatable bonds is 7. The van der Waals surface area contributed by atoms with Crippen molar-refractivity contribution in [3.05, 3.63) is 41.7 Å². The number of benzene rings is 1. The summed E-state index contributed by atoms with van der Waals surface area (Å²) in [6, 6.07) is 9.13. The average Bonchev–Trinajstić information content (AvgIpc) is 2.38. The Morgan fingerprint density at radius 2 is 1.94 bits per heavy atom. The summed E-state index contributed by atoms with van der Waals surface area (Å²) in [7, 11) is 0. The maximum Gasteiger partial charge on any atom is 0.334 e. The second kappa shape index (κ2) is 7.50. The van der Waals surface area contributed by atoms with Crippen LogP contribution >= 0.6 is 0 Å². The van der Waals surface area contributed by atoms with E-state index in [1.807, 2.05) is 25.1 Å². The van der Waals surface area contributed by atoms with E-state index in [2.05, 4.69) is 0 Å². The first kappa shape index (κ1) is 14.3. The van der Waals surface area contributed by atoms with Crippen LogP contribution in [0.5, 0.6) is 5.75 Å². The molecule has 0 spiro atoms. The molecule has 1 aromatic rings. The molecule has 98 valence electrons. The van der Waals surface area contributed by atoms with E-state index in [1.165, 1.54) is 6.92 Å². The maximum atomic E-state index is 11.0. The number of carboxylic acids is 1. The van der Waals surface area contributed by atoms with Crippen LogP contribution in [0.3, 0.4) is 0 Å². The molecule has 1 rings (SSSR count). The number of aliphatic carboxylic acids is 1. The highest BCUT2D eigenvalue weighted by Gasteiger charge is 2.11. The molecule has 0 aliphatic carbocycles. The quantitative estimate of drug-likeness (QED) is 0.459. The van der Waals surface area contributed by atoms with E-state index in [-0.39, 0.29) is 5.57 Å². The predicted octanol–water partition coefficient (Wildman–Crippen LogP) is 2.85. The summed E-state index contributed by atoms with van der Waals surface area (Å²) in [4.78, 5) is 11.0. The number of carbonyl (C=O) groups is 1. The van der Waals surface area contributed by atoms with Crippen LogP contribution in [-0.4, -0.2) is 24.3 Å². The van der Waals surface area contributed by atoms with Crippen LogP contribution in [0.1, 0.15) is 20.3 Å². The van der Waals surface area contributed by atoms with Crippen LogP contribution in [0.2, 0.25) is 0 Å². The Kier molecular flexibility index (Phi) is 5.94. The minimum absolute atomic E-state index is 0.207. The van der Waals surface area contributed by atoms with Crippen molar-refractivity contribution >= 4 is 5.97 Å². The highest BCUT2D eigenvalue weighted by molar-refractivity contribution is 5.86. The van der Waals surface area contributed by atoms with Crippen LogP contribution in [0, 0.1) is 0 Å². The second-order valence-electron chi connectivity index (χ2n) is 3.72. The zero-order valence-corrected chi connectivity index (χ0v) is 10.7. The summed E-state index contributed by atoms with van der Waals surface area (Å²) in [5.74, 6) is 0.0872. The lowest BCUT2D eigenvalue weighted by Gasteiger charge is -2.12. The third-order valence-corrected chi connectivity index (χ3v) is 2.40. The van der Waals surface area contributed by atoms with Gasteiger partial charge < -0.3 is 14.6 Å². The average molecular weight is 250 g/mol. The van der Waals surface area contributed by atoms with Crippen molar-refractivity contribution in [2.75, 3.05) is 13.2 Å². The van der Waals surface area contributed by atoms with Crippen molar-refractivity contribution in [1.82, 2.24) is 0 Å². The Hall–Kier alpha value is -1.81. The lowest BCUT2D eigenvalue weighted by molar-refractivity contribution is -0.132. The minimum atomic E-state index is -0.975. The smallest absolute Gasteiger partial charge is 0.334 e. The third-order valence-electron chi connectivity index (χ3n) is 2.40. The molecule has 0 heterocycles. The fourth-order valence-corrected chi connectivity index (χ4v) is 1.37. The van der Waals surface area contributed by atoms with Crippen molar-refractivity contribution in [2.24, 2.45) is 0 Å². The molecule has 0 fully saturated rings. The summed E-state index contributed by atoms with van der Waals surface area (Å²) in [6.45, 7) is 4.48. The van der Waals surface area contributed by atoms with E-state index >= 15 is 0 Å². The molecule has 0 saturated heterocycles. The van der Waals surface area contributed by atoms with Crippen LogP contribution < -0.4 is 4.74 Å². The van der Waals surface area contributed by atoms with Gasteiger partial charge in [0.15, 0.2) is 0 Å². The highest BCUT2D eigenvalue weighted by Crippen LogP contribution is 2.18. The van der Waals surface area contributed by atoms with Crippen molar-refractivity contribution in [2.45, 2.75) is 20.3 Å². The standard InChI is InChI=1S/C14H18O4/c1-3-17-10-9-13(11(2)14(15)16)18-12-7-5-4-6-8-12/h4-8H,3,9-10H2,1-2H3,(H,15,16). The number of hydrogen-bond donors (Lipinski definition) is 1. The molecule has 0 aliphatic heterocycles. The summed E-state index contributed by atoms with van der Waals surface area (Å²) < 4.78 is 10.8. The topological polar surface area (TPSA) is 55.8 Å². The normalized spacial score (nSPS) is 11.9. The first-order chi connectivity index (χ1) is 8.65. The molecule has 0 aromatic heterocycles. The molecule has 18 heavy (non-hydrogen) atoms. The first-order valence-electron chi connectivity index (χ1n) is 5.88. The molecular formula is C14H18O4. The number of hydrogen-bond acceptors (Lipinski definition) is 3. The van der Waals surface area contributed by atoms with Crippen LogP contribution in [0.4, 0.5) is 0 Å². The molecule has 0 amide bonds. The maximum absolute atomic E-state index is 11.0. The van der Waals surface area contributed by atoms with E-state index in [0.717, 1.165) is 0 Å².